The number of amides is 1. The minimum absolute atomic E-state index is 0.0685. The van der Waals surface area contributed by atoms with Crippen molar-refractivity contribution in [2.24, 2.45) is 0 Å². The molecule has 1 aromatic heterocycles. The highest BCUT2D eigenvalue weighted by molar-refractivity contribution is 5.94. The van der Waals surface area contributed by atoms with Gasteiger partial charge in [0.25, 0.3) is 5.91 Å². The van der Waals surface area contributed by atoms with Crippen molar-refractivity contribution in [1.29, 1.82) is 0 Å². The zero-order valence-electron chi connectivity index (χ0n) is 12.8. The lowest BCUT2D eigenvalue weighted by Crippen LogP contribution is -2.76. The molecule has 1 aromatic carbocycles. The average molecular weight is 378 g/mol. The molecule has 0 spiro atoms. The number of pyridine rings is 1. The van der Waals surface area contributed by atoms with Crippen LogP contribution < -0.4 is 16.2 Å². The first kappa shape index (κ1) is 19.5. The molecule has 0 aliphatic heterocycles. The van der Waals surface area contributed by atoms with E-state index in [0.717, 1.165) is 17.6 Å². The van der Waals surface area contributed by atoms with Crippen LogP contribution in [0.25, 0.3) is 0 Å². The van der Waals surface area contributed by atoms with E-state index in [1.165, 1.54) is 48.0 Å². The quantitative estimate of drug-likeness (QED) is 0.425. The van der Waals surface area contributed by atoms with Crippen LogP contribution in [0.3, 0.4) is 0 Å². The molecule has 26 heavy (non-hydrogen) atoms. The van der Waals surface area contributed by atoms with Crippen molar-refractivity contribution >= 4 is 11.6 Å². The Balaban J connectivity index is 2.38. The first-order valence-corrected chi connectivity index (χ1v) is 7.01. The van der Waals surface area contributed by atoms with Gasteiger partial charge in [-0.05, 0) is 24.3 Å². The van der Waals surface area contributed by atoms with Gasteiger partial charge in [0.15, 0.2) is 0 Å². The fourth-order valence-electron chi connectivity index (χ4n) is 1.90. The lowest BCUT2D eigenvalue weighted by molar-refractivity contribution is -0.312. The van der Waals surface area contributed by atoms with Crippen molar-refractivity contribution in [1.82, 2.24) is 15.7 Å². The third-order valence-electron chi connectivity index (χ3n) is 3.24. The Kier molecular flexibility index (Phi) is 5.40. The number of alkyl halides is 6. The van der Waals surface area contributed by atoms with Crippen LogP contribution in [-0.2, 0) is 0 Å². The highest BCUT2D eigenvalue weighted by Crippen LogP contribution is 2.41. The largest absolute Gasteiger partial charge is 0.436 e. The molecule has 0 bridgehead atoms. The molecule has 0 atom stereocenters. The molecule has 0 fully saturated rings. The summed E-state index contributed by atoms with van der Waals surface area (Å²) in [7, 11) is 0. The number of hydrogen-bond donors (Lipinski definition) is 3. The van der Waals surface area contributed by atoms with Crippen LogP contribution in [0.2, 0.25) is 0 Å². The number of rotatable bonds is 5. The van der Waals surface area contributed by atoms with E-state index in [0.29, 0.717) is 0 Å². The highest BCUT2D eigenvalue weighted by atomic mass is 19.4. The molecule has 2 rings (SSSR count). The van der Waals surface area contributed by atoms with E-state index in [-0.39, 0.29) is 5.69 Å². The Morgan fingerprint density at radius 3 is 2.00 bits per heavy atom. The normalized spacial score (nSPS) is 12.5. The minimum Gasteiger partial charge on any atom is -0.319 e. The highest BCUT2D eigenvalue weighted by Gasteiger charge is 2.72. The molecule has 0 unspecified atom stereocenters. The van der Waals surface area contributed by atoms with Gasteiger partial charge in [-0.3, -0.25) is 9.78 Å². The second-order valence-corrected chi connectivity index (χ2v) is 5.06. The molecule has 140 valence electrons. The lowest BCUT2D eigenvalue weighted by atomic mass is 10.1. The summed E-state index contributed by atoms with van der Waals surface area (Å²) in [6.07, 6.45) is -9.76. The predicted octanol–water partition coefficient (Wildman–Crippen LogP) is 3.25. The number of nitrogens with one attached hydrogen (secondary N) is 3. The van der Waals surface area contributed by atoms with Gasteiger partial charge in [0.05, 0.1) is 5.56 Å². The standard InChI is InChI=1S/C15H12F6N4O/c16-14(17,18)13(15(19,20)21,25-24-11-6-2-1-3-7-11)23-12(26)10-5-4-8-22-9-10/h1-9,24-25H,(H,23,26). The van der Waals surface area contributed by atoms with Crippen LogP contribution in [0.15, 0.2) is 54.9 Å². The summed E-state index contributed by atoms with van der Waals surface area (Å²) in [5.74, 6) is -1.60. The van der Waals surface area contributed by atoms with Crippen LogP contribution in [0.4, 0.5) is 32.0 Å². The number of carbonyl (C=O) groups is 1. The van der Waals surface area contributed by atoms with Crippen molar-refractivity contribution in [3.63, 3.8) is 0 Å². The second kappa shape index (κ2) is 7.20. The number of hydrazine groups is 1. The van der Waals surface area contributed by atoms with Crippen LogP contribution in [0.1, 0.15) is 10.4 Å². The number of halogens is 6. The zero-order valence-corrected chi connectivity index (χ0v) is 12.8. The van der Waals surface area contributed by atoms with Crippen LogP contribution >= 0.6 is 0 Å². The number of para-hydroxylation sites is 1. The molecule has 0 aliphatic rings. The summed E-state index contributed by atoms with van der Waals surface area (Å²) in [5, 5.41) is 0.994. The Labute approximate surface area is 143 Å². The fourth-order valence-corrected chi connectivity index (χ4v) is 1.90. The fraction of sp³-hybridized carbons (Fsp3) is 0.200. The van der Waals surface area contributed by atoms with E-state index >= 15 is 0 Å². The van der Waals surface area contributed by atoms with Gasteiger partial charge >= 0.3 is 18.0 Å². The maximum Gasteiger partial charge on any atom is 0.436 e. The summed E-state index contributed by atoms with van der Waals surface area (Å²) in [6.45, 7) is 0. The van der Waals surface area contributed by atoms with Gasteiger partial charge < -0.3 is 10.7 Å². The summed E-state index contributed by atoms with van der Waals surface area (Å²) < 4.78 is 80.4. The van der Waals surface area contributed by atoms with Gasteiger partial charge in [-0.2, -0.15) is 31.8 Å². The number of aromatic nitrogens is 1. The number of nitrogens with zero attached hydrogens (tertiary/aromatic N) is 1. The lowest BCUT2D eigenvalue weighted by Gasteiger charge is -2.38. The van der Waals surface area contributed by atoms with Gasteiger partial charge in [0.1, 0.15) is 0 Å². The van der Waals surface area contributed by atoms with Crippen molar-refractivity contribution in [3.8, 4) is 0 Å². The van der Waals surface area contributed by atoms with E-state index in [1.54, 1.807) is 0 Å². The Hall–Kier alpha value is -2.82. The van der Waals surface area contributed by atoms with Crippen LogP contribution in [0, 0.1) is 0 Å². The zero-order chi connectivity index (χ0) is 19.4. The van der Waals surface area contributed by atoms with E-state index in [9.17, 15) is 31.1 Å². The maximum atomic E-state index is 13.4. The van der Waals surface area contributed by atoms with Gasteiger partial charge in [-0.1, -0.05) is 18.2 Å². The van der Waals surface area contributed by atoms with Crippen molar-refractivity contribution in [2.45, 2.75) is 18.0 Å². The minimum atomic E-state index is -5.91. The maximum absolute atomic E-state index is 13.4. The molecule has 2 aromatic rings. The summed E-state index contributed by atoms with van der Waals surface area (Å²) in [4.78, 5) is 15.4. The Morgan fingerprint density at radius 1 is 0.885 bits per heavy atom. The van der Waals surface area contributed by atoms with E-state index in [1.807, 2.05) is 5.43 Å². The first-order chi connectivity index (χ1) is 12.1. The molecule has 11 heteroatoms. The van der Waals surface area contributed by atoms with Crippen LogP contribution in [-0.4, -0.2) is 28.9 Å². The van der Waals surface area contributed by atoms with Gasteiger partial charge in [0.2, 0.25) is 0 Å². The molecule has 1 heterocycles. The first-order valence-electron chi connectivity index (χ1n) is 7.01. The third-order valence-corrected chi connectivity index (χ3v) is 3.24. The average Bonchev–Trinajstić information content (AvgIpc) is 2.58. The smallest absolute Gasteiger partial charge is 0.319 e. The van der Waals surface area contributed by atoms with E-state index < -0.39 is 29.5 Å². The molecule has 0 aliphatic carbocycles. The van der Waals surface area contributed by atoms with Gasteiger partial charge in [-0.25, -0.2) is 0 Å². The monoisotopic (exact) mass is 378 g/mol. The van der Waals surface area contributed by atoms with Crippen molar-refractivity contribution in [3.05, 3.63) is 60.4 Å². The number of benzene rings is 1. The van der Waals surface area contributed by atoms with Crippen LogP contribution in [0.5, 0.6) is 0 Å². The number of hydrogen-bond acceptors (Lipinski definition) is 4. The SMILES string of the molecule is O=C(NC(NNc1ccccc1)(C(F)(F)F)C(F)(F)F)c1cccnc1. The summed E-state index contributed by atoms with van der Waals surface area (Å²) in [6, 6.07) is 9.05. The number of anilines is 1. The molecule has 1 amide bonds. The van der Waals surface area contributed by atoms with E-state index in [2.05, 4.69) is 4.98 Å². The topological polar surface area (TPSA) is 66.1 Å². The van der Waals surface area contributed by atoms with Crippen molar-refractivity contribution in [2.75, 3.05) is 5.43 Å². The number of carbonyl (C=O) groups excluding carboxylic acids is 1. The van der Waals surface area contributed by atoms with Gasteiger partial charge in [0, 0.05) is 18.1 Å². The molecule has 0 saturated heterocycles. The molecule has 3 N–H and O–H groups in total. The Bertz CT molecular complexity index is 719. The summed E-state index contributed by atoms with van der Waals surface area (Å²) >= 11 is 0. The Morgan fingerprint density at radius 2 is 1.50 bits per heavy atom. The molecule has 0 saturated carbocycles. The third kappa shape index (κ3) is 4.04. The molecular formula is C15H12F6N4O. The molecular weight excluding hydrogens is 366 g/mol. The molecule has 0 radical (unpaired) electrons. The predicted molar refractivity (Wildman–Crippen MR) is 79.7 cm³/mol. The summed E-state index contributed by atoms with van der Waals surface area (Å²) in [5.41, 5.74) is -2.25. The van der Waals surface area contributed by atoms with Crippen molar-refractivity contribution < 1.29 is 31.1 Å². The van der Waals surface area contributed by atoms with Gasteiger partial charge in [-0.15, -0.1) is 0 Å². The molecule has 5 nitrogen and oxygen atoms in total. The van der Waals surface area contributed by atoms with E-state index in [4.69, 9.17) is 0 Å². The second-order valence-electron chi connectivity index (χ2n) is 5.06.